The fraction of sp³-hybridized carbons (Fsp3) is 1.00. The Bertz CT molecular complexity index is 301. The van der Waals surface area contributed by atoms with Crippen LogP contribution < -0.4 is 0 Å². The second-order valence-electron chi connectivity index (χ2n) is 7.30. The maximum absolute atomic E-state index is 12.5. The summed E-state index contributed by atoms with van der Waals surface area (Å²) >= 11 is 0. The van der Waals surface area contributed by atoms with Crippen LogP contribution in [-0.2, 0) is 0 Å². The number of hydrogen-bond acceptors (Lipinski definition) is 0. The Morgan fingerprint density at radius 1 is 0.810 bits per heavy atom. The highest BCUT2D eigenvalue weighted by Gasteiger charge is 2.56. The maximum atomic E-state index is 12.5. The summed E-state index contributed by atoms with van der Waals surface area (Å²) in [6, 6.07) is 0. The molecule has 0 nitrogen and oxygen atoms in total. The second-order valence-corrected chi connectivity index (χ2v) is 7.30. The molecule has 0 aromatic rings. The third-order valence-electron chi connectivity index (χ3n) is 4.73. The highest BCUT2D eigenvalue weighted by molar-refractivity contribution is 4.82. The minimum Gasteiger partial charge on any atom is -0.170 e. The zero-order chi connectivity index (χ0) is 16.5. The van der Waals surface area contributed by atoms with E-state index in [1.54, 1.807) is 0 Å². The fourth-order valence-electron chi connectivity index (χ4n) is 3.23. The Labute approximate surface area is 122 Å². The first-order chi connectivity index (χ1) is 9.32. The summed E-state index contributed by atoms with van der Waals surface area (Å²) in [5.74, 6) is -2.67. The predicted octanol–water partition coefficient (Wildman–Crippen LogP) is 6.36. The standard InChI is InChI=1S/C15H24F6/c1-13(2,3)11-7-4-10(5-8-11)6-9-12(14(16,17)18)15(19,20)21/h10-12H,4-9H2,1-3H3. The van der Waals surface area contributed by atoms with Crippen LogP contribution in [0.1, 0.15) is 59.3 Å². The predicted molar refractivity (Wildman–Crippen MR) is 69.7 cm³/mol. The van der Waals surface area contributed by atoms with Gasteiger partial charge < -0.3 is 0 Å². The first-order valence-corrected chi connectivity index (χ1v) is 7.45. The van der Waals surface area contributed by atoms with E-state index in [1.165, 1.54) is 0 Å². The average molecular weight is 318 g/mol. The van der Waals surface area contributed by atoms with E-state index in [4.69, 9.17) is 0 Å². The molecule has 0 aliphatic heterocycles. The van der Waals surface area contributed by atoms with Gasteiger partial charge in [0.15, 0.2) is 5.92 Å². The number of rotatable bonds is 3. The lowest BCUT2D eigenvalue weighted by Gasteiger charge is -2.37. The van der Waals surface area contributed by atoms with Gasteiger partial charge in [-0.1, -0.05) is 33.6 Å². The van der Waals surface area contributed by atoms with E-state index in [0.29, 0.717) is 5.92 Å². The van der Waals surface area contributed by atoms with Gasteiger partial charge >= 0.3 is 12.4 Å². The van der Waals surface area contributed by atoms with Gasteiger partial charge in [0, 0.05) is 0 Å². The summed E-state index contributed by atoms with van der Waals surface area (Å²) in [5.41, 5.74) is 0.158. The molecule has 0 N–H and O–H groups in total. The minimum absolute atomic E-state index is 0.00389. The van der Waals surface area contributed by atoms with Crippen molar-refractivity contribution in [2.75, 3.05) is 0 Å². The van der Waals surface area contributed by atoms with Crippen LogP contribution in [0.4, 0.5) is 26.3 Å². The van der Waals surface area contributed by atoms with Gasteiger partial charge in [-0.2, -0.15) is 26.3 Å². The van der Waals surface area contributed by atoms with Crippen LogP contribution in [0.15, 0.2) is 0 Å². The molecule has 0 atom stereocenters. The van der Waals surface area contributed by atoms with E-state index >= 15 is 0 Å². The topological polar surface area (TPSA) is 0 Å². The third-order valence-corrected chi connectivity index (χ3v) is 4.73. The molecule has 0 amide bonds. The minimum atomic E-state index is -5.19. The van der Waals surface area contributed by atoms with Crippen LogP contribution in [0, 0.1) is 23.2 Å². The SMILES string of the molecule is CC(C)(C)C1CCC(CCC(C(F)(F)F)C(F)(F)F)CC1. The van der Waals surface area contributed by atoms with Crippen LogP contribution in [0.25, 0.3) is 0 Å². The number of alkyl halides is 6. The van der Waals surface area contributed by atoms with Gasteiger partial charge in [-0.25, -0.2) is 0 Å². The molecule has 1 saturated carbocycles. The monoisotopic (exact) mass is 318 g/mol. The summed E-state index contributed by atoms with van der Waals surface area (Å²) in [4.78, 5) is 0. The van der Waals surface area contributed by atoms with Crippen LogP contribution in [-0.4, -0.2) is 12.4 Å². The van der Waals surface area contributed by atoms with E-state index in [0.717, 1.165) is 25.7 Å². The lowest BCUT2D eigenvalue weighted by atomic mass is 9.69. The van der Waals surface area contributed by atoms with Crippen molar-refractivity contribution in [1.29, 1.82) is 0 Å². The molecule has 1 rings (SSSR count). The van der Waals surface area contributed by atoms with Gasteiger partial charge in [-0.3, -0.25) is 0 Å². The molecule has 6 heteroatoms. The van der Waals surface area contributed by atoms with Crippen LogP contribution in [0.3, 0.4) is 0 Å². The Kier molecular flexibility index (Phi) is 5.65. The van der Waals surface area contributed by atoms with Crippen molar-refractivity contribution >= 4 is 0 Å². The van der Waals surface area contributed by atoms with Crippen molar-refractivity contribution in [3.63, 3.8) is 0 Å². The molecule has 0 spiro atoms. The van der Waals surface area contributed by atoms with E-state index < -0.39 is 24.7 Å². The lowest BCUT2D eigenvalue weighted by Crippen LogP contribution is -2.37. The summed E-state index contributed by atoms with van der Waals surface area (Å²) in [7, 11) is 0. The van der Waals surface area contributed by atoms with Crippen molar-refractivity contribution in [2.24, 2.45) is 23.2 Å². The van der Waals surface area contributed by atoms with Gasteiger partial charge in [-0.15, -0.1) is 0 Å². The molecule has 0 heterocycles. The van der Waals surface area contributed by atoms with E-state index in [-0.39, 0.29) is 17.8 Å². The number of halogens is 6. The first kappa shape index (κ1) is 18.6. The van der Waals surface area contributed by atoms with Crippen molar-refractivity contribution < 1.29 is 26.3 Å². The quantitative estimate of drug-likeness (QED) is 0.531. The summed E-state index contributed by atoms with van der Waals surface area (Å²) in [5, 5.41) is 0. The summed E-state index contributed by atoms with van der Waals surface area (Å²) < 4.78 is 74.8. The highest BCUT2D eigenvalue weighted by Crippen LogP contribution is 2.45. The van der Waals surface area contributed by atoms with Gasteiger partial charge in [0.05, 0.1) is 0 Å². The molecule has 0 saturated heterocycles. The van der Waals surface area contributed by atoms with Gasteiger partial charge in [0.1, 0.15) is 0 Å². The Morgan fingerprint density at radius 3 is 1.57 bits per heavy atom. The highest BCUT2D eigenvalue weighted by atomic mass is 19.4. The fourth-order valence-corrected chi connectivity index (χ4v) is 3.23. The smallest absolute Gasteiger partial charge is 0.170 e. The maximum Gasteiger partial charge on any atom is 0.400 e. The zero-order valence-electron chi connectivity index (χ0n) is 12.7. The van der Waals surface area contributed by atoms with Gasteiger partial charge in [-0.05, 0) is 42.9 Å². The van der Waals surface area contributed by atoms with Crippen molar-refractivity contribution in [2.45, 2.75) is 71.6 Å². The van der Waals surface area contributed by atoms with Gasteiger partial charge in [0.25, 0.3) is 0 Å². The van der Waals surface area contributed by atoms with Crippen LogP contribution in [0.2, 0.25) is 0 Å². The molecular formula is C15H24F6. The van der Waals surface area contributed by atoms with E-state index in [2.05, 4.69) is 20.8 Å². The molecule has 0 aromatic carbocycles. The second kappa shape index (κ2) is 6.37. The summed E-state index contributed by atoms with van der Waals surface area (Å²) in [6.45, 7) is 6.38. The largest absolute Gasteiger partial charge is 0.400 e. The molecule has 0 aromatic heterocycles. The number of hydrogen-bond donors (Lipinski definition) is 0. The molecule has 0 unspecified atom stereocenters. The van der Waals surface area contributed by atoms with Crippen LogP contribution >= 0.6 is 0 Å². The van der Waals surface area contributed by atoms with E-state index in [1.807, 2.05) is 0 Å². The Hall–Kier alpha value is -0.420. The molecule has 0 bridgehead atoms. The van der Waals surface area contributed by atoms with E-state index in [9.17, 15) is 26.3 Å². The molecule has 1 aliphatic carbocycles. The third kappa shape index (κ3) is 5.70. The molecule has 126 valence electrons. The van der Waals surface area contributed by atoms with Crippen LogP contribution in [0.5, 0.6) is 0 Å². The molecule has 1 aliphatic rings. The summed E-state index contributed by atoms with van der Waals surface area (Å²) in [6.07, 6.45) is -7.93. The van der Waals surface area contributed by atoms with Crippen molar-refractivity contribution in [3.8, 4) is 0 Å². The lowest BCUT2D eigenvalue weighted by molar-refractivity contribution is -0.286. The van der Waals surface area contributed by atoms with Crippen molar-refractivity contribution in [3.05, 3.63) is 0 Å². The molecular weight excluding hydrogens is 294 g/mol. The van der Waals surface area contributed by atoms with Crippen molar-refractivity contribution in [1.82, 2.24) is 0 Å². The molecule has 0 radical (unpaired) electrons. The molecule has 1 fully saturated rings. The normalized spacial score (nSPS) is 25.4. The zero-order valence-corrected chi connectivity index (χ0v) is 12.7. The Balaban J connectivity index is 2.49. The average Bonchev–Trinajstić information content (AvgIpc) is 2.24. The van der Waals surface area contributed by atoms with Gasteiger partial charge in [0.2, 0.25) is 0 Å². The molecule has 21 heavy (non-hydrogen) atoms. The Morgan fingerprint density at radius 2 is 1.24 bits per heavy atom. The first-order valence-electron chi connectivity index (χ1n) is 7.45.